The van der Waals surface area contributed by atoms with Gasteiger partial charge in [0.15, 0.2) is 6.10 Å². The molecule has 1 aromatic carbocycles. The third kappa shape index (κ3) is 3.63. The first-order valence-corrected chi connectivity index (χ1v) is 5.04. The molecule has 0 aromatic heterocycles. The Labute approximate surface area is 101 Å². The minimum atomic E-state index is -4.74. The number of rotatable bonds is 4. The summed E-state index contributed by atoms with van der Waals surface area (Å²) in [6.45, 7) is 0.879. The fourth-order valence-corrected chi connectivity index (χ4v) is 1.31. The summed E-state index contributed by atoms with van der Waals surface area (Å²) in [5, 5.41) is 20.0. The SMILES string of the molecule is Cc1ccc(C(=O)O)c(NCC(O)C(F)(F)F)c1. The van der Waals surface area contributed by atoms with Crippen LogP contribution in [0.15, 0.2) is 18.2 Å². The number of hydrogen-bond donors (Lipinski definition) is 3. The molecular formula is C11H12F3NO3. The van der Waals surface area contributed by atoms with Crippen molar-refractivity contribution >= 4 is 11.7 Å². The highest BCUT2D eigenvalue weighted by Gasteiger charge is 2.37. The van der Waals surface area contributed by atoms with E-state index in [4.69, 9.17) is 10.2 Å². The highest BCUT2D eigenvalue weighted by Crippen LogP contribution is 2.22. The van der Waals surface area contributed by atoms with Crippen molar-refractivity contribution in [3.05, 3.63) is 29.3 Å². The van der Waals surface area contributed by atoms with Gasteiger partial charge in [-0.05, 0) is 24.6 Å². The van der Waals surface area contributed by atoms with E-state index in [1.165, 1.54) is 18.2 Å². The van der Waals surface area contributed by atoms with E-state index in [2.05, 4.69) is 5.32 Å². The number of aromatic carboxylic acids is 1. The van der Waals surface area contributed by atoms with Gasteiger partial charge in [0.2, 0.25) is 0 Å². The molecule has 7 heteroatoms. The zero-order valence-corrected chi connectivity index (χ0v) is 9.45. The number of nitrogens with one attached hydrogen (secondary N) is 1. The number of carboxylic acid groups (broad SMARTS) is 1. The lowest BCUT2D eigenvalue weighted by atomic mass is 10.1. The number of aliphatic hydroxyl groups is 1. The van der Waals surface area contributed by atoms with Gasteiger partial charge in [-0.15, -0.1) is 0 Å². The van der Waals surface area contributed by atoms with Crippen molar-refractivity contribution < 1.29 is 28.2 Å². The summed E-state index contributed by atoms with van der Waals surface area (Å²) in [7, 11) is 0. The lowest BCUT2D eigenvalue weighted by Gasteiger charge is -2.17. The third-order valence-electron chi connectivity index (χ3n) is 2.27. The van der Waals surface area contributed by atoms with Gasteiger partial charge in [0.05, 0.1) is 5.56 Å². The quantitative estimate of drug-likeness (QED) is 0.777. The van der Waals surface area contributed by atoms with Gasteiger partial charge in [0, 0.05) is 12.2 Å². The third-order valence-corrected chi connectivity index (χ3v) is 2.27. The molecule has 0 aliphatic heterocycles. The normalized spacial score (nSPS) is 13.2. The van der Waals surface area contributed by atoms with Crippen LogP contribution in [0.3, 0.4) is 0 Å². The first-order valence-electron chi connectivity index (χ1n) is 5.04. The zero-order valence-electron chi connectivity index (χ0n) is 9.45. The maximum absolute atomic E-state index is 12.1. The first-order chi connectivity index (χ1) is 8.21. The molecule has 1 unspecified atom stereocenters. The van der Waals surface area contributed by atoms with E-state index in [-0.39, 0.29) is 11.3 Å². The van der Waals surface area contributed by atoms with Crippen LogP contribution in [-0.2, 0) is 0 Å². The second kappa shape index (κ2) is 5.26. The highest BCUT2D eigenvalue weighted by molar-refractivity contribution is 5.94. The van der Waals surface area contributed by atoms with Crippen LogP contribution in [-0.4, -0.2) is 35.0 Å². The second-order valence-electron chi connectivity index (χ2n) is 3.79. The van der Waals surface area contributed by atoms with Gasteiger partial charge >= 0.3 is 12.1 Å². The number of alkyl halides is 3. The average molecular weight is 263 g/mol. The molecule has 4 nitrogen and oxygen atoms in total. The second-order valence-corrected chi connectivity index (χ2v) is 3.79. The number of halogens is 3. The molecule has 0 radical (unpaired) electrons. The van der Waals surface area contributed by atoms with Crippen LogP contribution < -0.4 is 5.32 Å². The maximum atomic E-state index is 12.1. The predicted molar refractivity (Wildman–Crippen MR) is 58.7 cm³/mol. The minimum absolute atomic E-state index is 0.0470. The molecule has 18 heavy (non-hydrogen) atoms. The van der Waals surface area contributed by atoms with E-state index < -0.39 is 24.8 Å². The van der Waals surface area contributed by atoms with Crippen LogP contribution in [0.5, 0.6) is 0 Å². The van der Waals surface area contributed by atoms with Crippen molar-refractivity contribution in [2.75, 3.05) is 11.9 Å². The van der Waals surface area contributed by atoms with Crippen LogP contribution in [0.1, 0.15) is 15.9 Å². The van der Waals surface area contributed by atoms with Crippen LogP contribution in [0, 0.1) is 6.92 Å². The molecule has 100 valence electrons. The van der Waals surface area contributed by atoms with Crippen molar-refractivity contribution in [3.63, 3.8) is 0 Å². The van der Waals surface area contributed by atoms with E-state index in [1.54, 1.807) is 6.92 Å². The van der Waals surface area contributed by atoms with Gasteiger partial charge in [0.25, 0.3) is 0 Å². The van der Waals surface area contributed by atoms with Crippen molar-refractivity contribution in [1.29, 1.82) is 0 Å². The van der Waals surface area contributed by atoms with Crippen molar-refractivity contribution in [1.82, 2.24) is 0 Å². The smallest absolute Gasteiger partial charge is 0.416 e. The molecule has 0 amide bonds. The van der Waals surface area contributed by atoms with Crippen molar-refractivity contribution in [2.45, 2.75) is 19.2 Å². The van der Waals surface area contributed by atoms with E-state index in [9.17, 15) is 18.0 Å². The van der Waals surface area contributed by atoms with Crippen LogP contribution in [0.4, 0.5) is 18.9 Å². The molecule has 0 saturated carbocycles. The number of carbonyl (C=O) groups is 1. The number of benzene rings is 1. The van der Waals surface area contributed by atoms with Gasteiger partial charge in [-0.2, -0.15) is 13.2 Å². The fourth-order valence-electron chi connectivity index (χ4n) is 1.31. The predicted octanol–water partition coefficient (Wildman–Crippen LogP) is 2.03. The van der Waals surface area contributed by atoms with E-state index >= 15 is 0 Å². The summed E-state index contributed by atoms with van der Waals surface area (Å²) in [6, 6.07) is 4.24. The molecular weight excluding hydrogens is 251 g/mol. The summed E-state index contributed by atoms with van der Waals surface area (Å²) in [6.07, 6.45) is -7.28. The molecule has 1 aromatic rings. The molecule has 0 aliphatic rings. The van der Waals surface area contributed by atoms with E-state index in [0.717, 1.165) is 0 Å². The Morgan fingerprint density at radius 1 is 1.44 bits per heavy atom. The topological polar surface area (TPSA) is 69.6 Å². The molecule has 0 heterocycles. The Balaban J connectivity index is 2.84. The molecule has 1 atom stereocenters. The summed E-state index contributed by atoms with van der Waals surface area (Å²) >= 11 is 0. The zero-order chi connectivity index (χ0) is 13.9. The Morgan fingerprint density at radius 2 is 2.06 bits per heavy atom. The Hall–Kier alpha value is -1.76. The minimum Gasteiger partial charge on any atom is -0.478 e. The van der Waals surface area contributed by atoms with Crippen molar-refractivity contribution in [3.8, 4) is 0 Å². The Kier molecular flexibility index (Phi) is 4.18. The van der Waals surface area contributed by atoms with E-state index in [1.807, 2.05) is 0 Å². The average Bonchev–Trinajstić information content (AvgIpc) is 2.24. The molecule has 0 spiro atoms. The Morgan fingerprint density at radius 3 is 2.56 bits per heavy atom. The molecule has 3 N–H and O–H groups in total. The molecule has 1 rings (SSSR count). The number of aliphatic hydroxyl groups excluding tert-OH is 1. The van der Waals surface area contributed by atoms with Crippen LogP contribution >= 0.6 is 0 Å². The number of aryl methyl sites for hydroxylation is 1. The van der Waals surface area contributed by atoms with Gasteiger partial charge < -0.3 is 15.5 Å². The summed E-state index contributed by atoms with van der Waals surface area (Å²) in [5.74, 6) is -1.25. The van der Waals surface area contributed by atoms with Crippen molar-refractivity contribution in [2.24, 2.45) is 0 Å². The molecule has 0 bridgehead atoms. The van der Waals surface area contributed by atoms with Crippen LogP contribution in [0.2, 0.25) is 0 Å². The largest absolute Gasteiger partial charge is 0.478 e. The van der Waals surface area contributed by atoms with Gasteiger partial charge in [-0.1, -0.05) is 6.07 Å². The number of hydrogen-bond acceptors (Lipinski definition) is 3. The van der Waals surface area contributed by atoms with E-state index in [0.29, 0.717) is 5.56 Å². The van der Waals surface area contributed by atoms with Gasteiger partial charge in [-0.25, -0.2) is 4.79 Å². The Bertz CT molecular complexity index is 446. The van der Waals surface area contributed by atoms with Gasteiger partial charge in [-0.3, -0.25) is 0 Å². The molecule has 0 saturated heterocycles. The fraction of sp³-hybridized carbons (Fsp3) is 0.364. The monoisotopic (exact) mass is 263 g/mol. The molecule has 0 fully saturated rings. The summed E-state index contributed by atoms with van der Waals surface area (Å²) < 4.78 is 36.3. The highest BCUT2D eigenvalue weighted by atomic mass is 19.4. The summed E-state index contributed by atoms with van der Waals surface area (Å²) in [5.41, 5.74) is 0.602. The lowest BCUT2D eigenvalue weighted by Crippen LogP contribution is -2.35. The standard InChI is InChI=1S/C11H12F3NO3/c1-6-2-3-7(10(17)18)8(4-6)15-5-9(16)11(12,13)14/h2-4,9,15-16H,5H2,1H3,(H,17,18). The first kappa shape index (κ1) is 14.3. The number of carboxylic acids is 1. The molecule has 0 aliphatic carbocycles. The maximum Gasteiger partial charge on any atom is 0.416 e. The van der Waals surface area contributed by atoms with Crippen LogP contribution in [0.25, 0.3) is 0 Å². The summed E-state index contributed by atoms with van der Waals surface area (Å²) in [4.78, 5) is 10.8. The lowest BCUT2D eigenvalue weighted by molar-refractivity contribution is -0.198. The number of anilines is 1. The van der Waals surface area contributed by atoms with Gasteiger partial charge in [0.1, 0.15) is 0 Å².